The van der Waals surface area contributed by atoms with Gasteiger partial charge in [-0.2, -0.15) is 0 Å². The van der Waals surface area contributed by atoms with E-state index in [4.69, 9.17) is 5.73 Å². The van der Waals surface area contributed by atoms with E-state index in [0.717, 1.165) is 5.69 Å². The molecule has 1 unspecified atom stereocenters. The van der Waals surface area contributed by atoms with Crippen molar-refractivity contribution in [2.24, 2.45) is 11.1 Å². The van der Waals surface area contributed by atoms with Crippen LogP contribution in [0.15, 0.2) is 12.5 Å². The molecule has 1 heterocycles. The van der Waals surface area contributed by atoms with Crippen LogP contribution in [0, 0.1) is 5.41 Å². The molecule has 0 saturated heterocycles. The molecule has 84 valence electrons. The van der Waals surface area contributed by atoms with Crippen molar-refractivity contribution in [3.8, 4) is 0 Å². The molecule has 0 amide bonds. The summed E-state index contributed by atoms with van der Waals surface area (Å²) >= 11 is 0. The van der Waals surface area contributed by atoms with Crippen LogP contribution in [0.5, 0.6) is 0 Å². The Labute approximate surface area is 90.1 Å². The van der Waals surface area contributed by atoms with Crippen LogP contribution in [0.1, 0.15) is 44.5 Å². The number of aliphatic hydroxyl groups excluding tert-OH is 1. The molecule has 4 nitrogen and oxygen atoms in total. The van der Waals surface area contributed by atoms with Crippen LogP contribution in [-0.4, -0.2) is 21.2 Å². The lowest BCUT2D eigenvalue weighted by Crippen LogP contribution is -2.31. The Morgan fingerprint density at radius 1 is 1.67 bits per heavy atom. The summed E-state index contributed by atoms with van der Waals surface area (Å²) in [5, 5.41) is 10.3. The van der Waals surface area contributed by atoms with E-state index in [1.54, 1.807) is 6.20 Å². The van der Waals surface area contributed by atoms with Crippen molar-refractivity contribution >= 4 is 0 Å². The van der Waals surface area contributed by atoms with Crippen molar-refractivity contribution in [3.63, 3.8) is 0 Å². The molecular weight excluding hydrogens is 190 g/mol. The van der Waals surface area contributed by atoms with Gasteiger partial charge in [-0.15, -0.1) is 0 Å². The van der Waals surface area contributed by atoms with Gasteiger partial charge in [-0.25, -0.2) is 4.98 Å². The number of aliphatic hydroxyl groups is 1. The molecule has 15 heavy (non-hydrogen) atoms. The molecule has 2 rings (SSSR count). The highest BCUT2D eigenvalue weighted by molar-refractivity contribution is 5.10. The highest BCUT2D eigenvalue weighted by Gasteiger charge is 2.33. The third-order valence-corrected chi connectivity index (χ3v) is 3.18. The summed E-state index contributed by atoms with van der Waals surface area (Å²) < 4.78 is 2.09. The van der Waals surface area contributed by atoms with Crippen molar-refractivity contribution in [1.82, 2.24) is 9.55 Å². The highest BCUT2D eigenvalue weighted by atomic mass is 16.3. The second-order valence-electron chi connectivity index (χ2n) is 5.05. The molecule has 0 spiro atoms. The lowest BCUT2D eigenvalue weighted by Gasteiger charge is -2.29. The first-order chi connectivity index (χ1) is 7.06. The van der Waals surface area contributed by atoms with Gasteiger partial charge in [-0.05, 0) is 12.8 Å². The van der Waals surface area contributed by atoms with Gasteiger partial charge in [0, 0.05) is 18.0 Å². The predicted octanol–water partition coefficient (Wildman–Crippen LogP) is 1.24. The molecule has 0 aromatic carbocycles. The molecule has 1 aliphatic rings. The van der Waals surface area contributed by atoms with E-state index in [0.29, 0.717) is 12.6 Å². The molecule has 0 aliphatic heterocycles. The molecule has 1 saturated carbocycles. The Kier molecular flexibility index (Phi) is 2.56. The Morgan fingerprint density at radius 2 is 2.33 bits per heavy atom. The summed E-state index contributed by atoms with van der Waals surface area (Å²) in [6.07, 6.45) is 5.41. The van der Waals surface area contributed by atoms with Crippen molar-refractivity contribution in [2.75, 3.05) is 6.54 Å². The second-order valence-corrected chi connectivity index (χ2v) is 5.05. The van der Waals surface area contributed by atoms with E-state index in [9.17, 15) is 5.11 Å². The molecule has 1 fully saturated rings. The largest absolute Gasteiger partial charge is 0.386 e. The zero-order valence-corrected chi connectivity index (χ0v) is 9.35. The number of hydrogen-bond acceptors (Lipinski definition) is 3. The Balaban J connectivity index is 2.24. The van der Waals surface area contributed by atoms with E-state index in [1.165, 1.54) is 12.8 Å². The smallest absolute Gasteiger partial charge is 0.102 e. The van der Waals surface area contributed by atoms with Crippen molar-refractivity contribution < 1.29 is 5.11 Å². The zero-order valence-electron chi connectivity index (χ0n) is 9.35. The van der Waals surface area contributed by atoms with E-state index in [2.05, 4.69) is 9.55 Å². The van der Waals surface area contributed by atoms with Gasteiger partial charge in [-0.1, -0.05) is 13.8 Å². The maximum absolute atomic E-state index is 10.3. The lowest BCUT2D eigenvalue weighted by atomic mass is 9.85. The van der Waals surface area contributed by atoms with Crippen molar-refractivity contribution in [2.45, 2.75) is 38.8 Å². The lowest BCUT2D eigenvalue weighted by molar-refractivity contribution is 0.0487. The van der Waals surface area contributed by atoms with E-state index in [1.807, 2.05) is 20.2 Å². The molecule has 1 aliphatic carbocycles. The number of aromatic nitrogens is 2. The van der Waals surface area contributed by atoms with Crippen LogP contribution in [-0.2, 0) is 0 Å². The predicted molar refractivity (Wildman–Crippen MR) is 58.3 cm³/mol. The van der Waals surface area contributed by atoms with E-state index >= 15 is 0 Å². The van der Waals surface area contributed by atoms with Gasteiger partial charge in [0.1, 0.15) is 6.10 Å². The SMILES string of the molecule is CC(C)(CN)C(O)c1cncn1C1CC1. The van der Waals surface area contributed by atoms with Crippen LogP contribution in [0.3, 0.4) is 0 Å². The number of imidazole rings is 1. The molecular formula is C11H19N3O. The molecule has 0 bridgehead atoms. The third kappa shape index (κ3) is 1.92. The van der Waals surface area contributed by atoms with Crippen LogP contribution < -0.4 is 5.73 Å². The third-order valence-electron chi connectivity index (χ3n) is 3.18. The number of nitrogens with zero attached hydrogens (tertiary/aromatic N) is 2. The Hall–Kier alpha value is -0.870. The minimum atomic E-state index is -0.536. The van der Waals surface area contributed by atoms with E-state index < -0.39 is 6.10 Å². The fourth-order valence-electron chi connectivity index (χ4n) is 1.70. The molecule has 0 radical (unpaired) electrons. The van der Waals surface area contributed by atoms with Crippen LogP contribution >= 0.6 is 0 Å². The first kappa shape index (κ1) is 10.6. The minimum Gasteiger partial charge on any atom is -0.386 e. The molecule has 3 N–H and O–H groups in total. The normalized spacial score (nSPS) is 19.2. The number of hydrogen-bond donors (Lipinski definition) is 2. The van der Waals surface area contributed by atoms with Crippen LogP contribution in [0.2, 0.25) is 0 Å². The first-order valence-corrected chi connectivity index (χ1v) is 5.46. The fourth-order valence-corrected chi connectivity index (χ4v) is 1.70. The monoisotopic (exact) mass is 209 g/mol. The summed E-state index contributed by atoms with van der Waals surface area (Å²) in [5.74, 6) is 0. The van der Waals surface area contributed by atoms with Gasteiger partial charge in [0.25, 0.3) is 0 Å². The van der Waals surface area contributed by atoms with E-state index in [-0.39, 0.29) is 5.41 Å². The number of nitrogens with two attached hydrogens (primary N) is 1. The molecule has 1 aromatic heterocycles. The second kappa shape index (κ2) is 3.61. The summed E-state index contributed by atoms with van der Waals surface area (Å²) in [5.41, 5.74) is 6.26. The standard InChI is InChI=1S/C11H19N3O/c1-11(2,6-12)10(15)9-5-13-7-14(9)8-3-4-8/h5,7-8,10,15H,3-4,6,12H2,1-2H3. The van der Waals surface area contributed by atoms with Gasteiger partial charge in [0.05, 0.1) is 18.2 Å². The average Bonchev–Trinajstić information content (AvgIpc) is 2.95. The van der Waals surface area contributed by atoms with Gasteiger partial charge in [0.2, 0.25) is 0 Å². The summed E-state index contributed by atoms with van der Waals surface area (Å²) in [4.78, 5) is 4.11. The topological polar surface area (TPSA) is 64.1 Å². The fraction of sp³-hybridized carbons (Fsp3) is 0.727. The van der Waals surface area contributed by atoms with Gasteiger partial charge < -0.3 is 15.4 Å². The first-order valence-electron chi connectivity index (χ1n) is 5.46. The van der Waals surface area contributed by atoms with Gasteiger partial charge in [0.15, 0.2) is 0 Å². The summed E-state index contributed by atoms with van der Waals surface area (Å²) in [6.45, 7) is 4.41. The minimum absolute atomic E-state index is 0.299. The van der Waals surface area contributed by atoms with Crippen LogP contribution in [0.25, 0.3) is 0 Å². The van der Waals surface area contributed by atoms with Crippen molar-refractivity contribution in [3.05, 3.63) is 18.2 Å². The number of rotatable bonds is 4. The molecule has 1 atom stereocenters. The Morgan fingerprint density at radius 3 is 2.87 bits per heavy atom. The summed E-state index contributed by atoms with van der Waals surface area (Å²) in [6, 6.07) is 0.547. The molecule has 4 heteroatoms. The maximum Gasteiger partial charge on any atom is 0.102 e. The summed E-state index contributed by atoms with van der Waals surface area (Å²) in [7, 11) is 0. The quantitative estimate of drug-likeness (QED) is 0.784. The Bertz CT molecular complexity index is 341. The van der Waals surface area contributed by atoms with Crippen molar-refractivity contribution in [1.29, 1.82) is 0 Å². The average molecular weight is 209 g/mol. The molecule has 1 aromatic rings. The maximum atomic E-state index is 10.3. The van der Waals surface area contributed by atoms with Crippen LogP contribution in [0.4, 0.5) is 0 Å². The van der Waals surface area contributed by atoms with Gasteiger partial charge in [-0.3, -0.25) is 0 Å². The highest BCUT2D eigenvalue weighted by Crippen LogP contribution is 2.40. The van der Waals surface area contributed by atoms with Gasteiger partial charge >= 0.3 is 0 Å². The zero-order chi connectivity index (χ0) is 11.1.